The number of methoxy groups -OCH3 is 1. The lowest BCUT2D eigenvalue weighted by atomic mass is 10.1. The molecular weight excluding hydrogens is 340 g/mol. The number of hydrogen-bond acceptors (Lipinski definition) is 4. The molecule has 4 heteroatoms. The highest BCUT2D eigenvalue weighted by atomic mass is 16.7. The van der Waals surface area contributed by atoms with Crippen LogP contribution < -0.4 is 0 Å². The third kappa shape index (κ3) is 17.0. The Morgan fingerprint density at radius 3 is 1.59 bits per heavy atom. The zero-order valence-electron chi connectivity index (χ0n) is 18.7. The van der Waals surface area contributed by atoms with Gasteiger partial charge in [0.2, 0.25) is 0 Å². The molecule has 0 aliphatic carbocycles. The first-order chi connectivity index (χ1) is 13.3. The summed E-state index contributed by atoms with van der Waals surface area (Å²) in [7, 11) is 1.63. The maximum atomic E-state index is 6.03. The normalized spacial score (nSPS) is 12.0. The highest BCUT2D eigenvalue weighted by molar-refractivity contribution is 4.95. The Kier molecular flexibility index (Phi) is 20.7. The standard InChI is InChI=1S/C23H46O4/c1-5-8-10-12-14-16-19-25-22(18-7-3)23(27-21-24-4)26-20-17-15-13-11-9-6-2/h5-21H2,1-4H3. The Morgan fingerprint density at radius 2 is 1.07 bits per heavy atom. The molecule has 4 nitrogen and oxygen atoms in total. The number of rotatable bonds is 21. The van der Waals surface area contributed by atoms with Gasteiger partial charge in [-0.1, -0.05) is 85.0 Å². The fraction of sp³-hybridized carbons (Fsp3) is 0.913. The fourth-order valence-corrected chi connectivity index (χ4v) is 2.90. The zero-order chi connectivity index (χ0) is 20.0. The van der Waals surface area contributed by atoms with Crippen molar-refractivity contribution in [3.05, 3.63) is 11.7 Å². The number of ether oxygens (including phenoxy) is 4. The van der Waals surface area contributed by atoms with Crippen molar-refractivity contribution in [2.24, 2.45) is 0 Å². The second-order valence-corrected chi connectivity index (χ2v) is 7.24. The van der Waals surface area contributed by atoms with Gasteiger partial charge < -0.3 is 18.9 Å². The largest absolute Gasteiger partial charge is 0.491 e. The maximum Gasteiger partial charge on any atom is 0.321 e. The van der Waals surface area contributed by atoms with E-state index in [1.54, 1.807) is 7.11 Å². The summed E-state index contributed by atoms with van der Waals surface area (Å²) in [5, 5.41) is 0. The van der Waals surface area contributed by atoms with Gasteiger partial charge in [0.15, 0.2) is 12.6 Å². The van der Waals surface area contributed by atoms with Crippen LogP contribution in [0.25, 0.3) is 0 Å². The lowest BCUT2D eigenvalue weighted by molar-refractivity contribution is -0.0691. The number of allylic oxidation sites excluding steroid dienone is 1. The van der Waals surface area contributed by atoms with Crippen LogP contribution >= 0.6 is 0 Å². The molecule has 0 unspecified atom stereocenters. The third-order valence-corrected chi connectivity index (χ3v) is 4.52. The second-order valence-electron chi connectivity index (χ2n) is 7.24. The first kappa shape index (κ1) is 26.1. The van der Waals surface area contributed by atoms with Crippen molar-refractivity contribution in [2.45, 2.75) is 111 Å². The molecule has 0 aromatic rings. The minimum atomic E-state index is 0.194. The van der Waals surface area contributed by atoms with Crippen LogP contribution in [0.5, 0.6) is 0 Å². The zero-order valence-corrected chi connectivity index (χ0v) is 18.7. The molecule has 0 aromatic carbocycles. The van der Waals surface area contributed by atoms with E-state index >= 15 is 0 Å². The molecule has 0 saturated carbocycles. The van der Waals surface area contributed by atoms with Gasteiger partial charge in [0.05, 0.1) is 13.2 Å². The summed E-state index contributed by atoms with van der Waals surface area (Å²) in [6.07, 6.45) is 16.9. The van der Waals surface area contributed by atoms with Crippen molar-refractivity contribution in [1.82, 2.24) is 0 Å². The molecular formula is C23H46O4. The summed E-state index contributed by atoms with van der Waals surface area (Å²) in [4.78, 5) is 0. The van der Waals surface area contributed by atoms with Crippen LogP contribution in [0.4, 0.5) is 0 Å². The molecule has 0 saturated heterocycles. The first-order valence-electron chi connectivity index (χ1n) is 11.4. The van der Waals surface area contributed by atoms with Gasteiger partial charge >= 0.3 is 5.95 Å². The minimum Gasteiger partial charge on any atom is -0.491 e. The van der Waals surface area contributed by atoms with E-state index in [0.29, 0.717) is 12.6 Å². The summed E-state index contributed by atoms with van der Waals surface area (Å²) in [6, 6.07) is 0. The molecule has 0 bridgehead atoms. The average Bonchev–Trinajstić information content (AvgIpc) is 2.68. The summed E-state index contributed by atoms with van der Waals surface area (Å²) in [5.74, 6) is 1.37. The Balaban J connectivity index is 4.31. The van der Waals surface area contributed by atoms with E-state index < -0.39 is 0 Å². The quantitative estimate of drug-likeness (QED) is 0.117. The molecule has 0 fully saturated rings. The number of unbranched alkanes of at least 4 members (excludes halogenated alkanes) is 10. The SMILES string of the molecule is CCCCCCCCOC(CCC)=C(OCCCCCCCC)OCOC. The third-order valence-electron chi connectivity index (χ3n) is 4.52. The van der Waals surface area contributed by atoms with Gasteiger partial charge in [-0.2, -0.15) is 0 Å². The predicted molar refractivity (Wildman–Crippen MR) is 114 cm³/mol. The Labute approximate surface area is 169 Å². The van der Waals surface area contributed by atoms with Gasteiger partial charge in [0, 0.05) is 13.5 Å². The molecule has 0 amide bonds. The van der Waals surface area contributed by atoms with Crippen LogP contribution in [-0.4, -0.2) is 27.1 Å². The van der Waals surface area contributed by atoms with E-state index in [9.17, 15) is 0 Å². The van der Waals surface area contributed by atoms with E-state index in [2.05, 4.69) is 20.8 Å². The molecule has 0 radical (unpaired) electrons. The summed E-state index contributed by atoms with van der Waals surface area (Å²) < 4.78 is 22.7. The Hall–Kier alpha value is -0.900. The van der Waals surface area contributed by atoms with Crippen molar-refractivity contribution in [3.8, 4) is 0 Å². The Bertz CT molecular complexity index is 328. The minimum absolute atomic E-state index is 0.194. The predicted octanol–water partition coefficient (Wildman–Crippen LogP) is 7.33. The lowest BCUT2D eigenvalue weighted by Gasteiger charge is -2.17. The molecule has 0 atom stereocenters. The van der Waals surface area contributed by atoms with Gasteiger partial charge in [-0.15, -0.1) is 0 Å². The van der Waals surface area contributed by atoms with Crippen molar-refractivity contribution in [3.63, 3.8) is 0 Å². The molecule has 0 aliphatic heterocycles. The van der Waals surface area contributed by atoms with E-state index in [0.717, 1.165) is 38.0 Å². The summed E-state index contributed by atoms with van der Waals surface area (Å²) >= 11 is 0. The average molecular weight is 387 g/mol. The van der Waals surface area contributed by atoms with E-state index in [1.807, 2.05) is 0 Å². The van der Waals surface area contributed by atoms with Gasteiger partial charge in [-0.3, -0.25) is 0 Å². The maximum absolute atomic E-state index is 6.03. The lowest BCUT2D eigenvalue weighted by Crippen LogP contribution is -2.09. The van der Waals surface area contributed by atoms with Gasteiger partial charge in [0.1, 0.15) is 0 Å². The van der Waals surface area contributed by atoms with Crippen LogP contribution in [0.2, 0.25) is 0 Å². The van der Waals surface area contributed by atoms with Crippen LogP contribution in [0.15, 0.2) is 11.7 Å². The monoisotopic (exact) mass is 386 g/mol. The summed E-state index contributed by atoms with van der Waals surface area (Å²) in [6.45, 7) is 8.25. The second kappa shape index (κ2) is 21.4. The topological polar surface area (TPSA) is 36.9 Å². The van der Waals surface area contributed by atoms with E-state index in [4.69, 9.17) is 18.9 Å². The van der Waals surface area contributed by atoms with Crippen LogP contribution in [0.1, 0.15) is 111 Å². The molecule has 162 valence electrons. The van der Waals surface area contributed by atoms with Crippen LogP contribution in [0, 0.1) is 0 Å². The molecule has 0 rings (SSSR count). The molecule has 0 heterocycles. The molecule has 0 aromatic heterocycles. The van der Waals surface area contributed by atoms with Crippen molar-refractivity contribution >= 4 is 0 Å². The highest BCUT2D eigenvalue weighted by Gasteiger charge is 2.12. The van der Waals surface area contributed by atoms with Gasteiger partial charge in [0.25, 0.3) is 0 Å². The number of hydrogen-bond donors (Lipinski definition) is 0. The molecule has 0 aliphatic rings. The van der Waals surface area contributed by atoms with Crippen LogP contribution in [0.3, 0.4) is 0 Å². The van der Waals surface area contributed by atoms with Gasteiger partial charge in [-0.25, -0.2) is 0 Å². The van der Waals surface area contributed by atoms with E-state index in [1.165, 1.54) is 64.2 Å². The molecule has 27 heavy (non-hydrogen) atoms. The van der Waals surface area contributed by atoms with Crippen LogP contribution in [-0.2, 0) is 18.9 Å². The summed E-state index contributed by atoms with van der Waals surface area (Å²) in [5.41, 5.74) is 0. The van der Waals surface area contributed by atoms with Gasteiger partial charge in [-0.05, 0) is 19.3 Å². The van der Waals surface area contributed by atoms with E-state index in [-0.39, 0.29) is 6.79 Å². The van der Waals surface area contributed by atoms with Crippen molar-refractivity contribution < 1.29 is 18.9 Å². The molecule has 0 N–H and O–H groups in total. The van der Waals surface area contributed by atoms with Crippen molar-refractivity contribution in [1.29, 1.82) is 0 Å². The van der Waals surface area contributed by atoms with Crippen molar-refractivity contribution in [2.75, 3.05) is 27.1 Å². The highest BCUT2D eigenvalue weighted by Crippen LogP contribution is 2.18. The fourth-order valence-electron chi connectivity index (χ4n) is 2.90. The first-order valence-corrected chi connectivity index (χ1v) is 11.4. The smallest absolute Gasteiger partial charge is 0.321 e. The molecule has 0 spiro atoms. The Morgan fingerprint density at radius 1 is 0.556 bits per heavy atom.